The average molecular weight is 592 g/mol. The predicted octanol–water partition coefficient (Wildman–Crippen LogP) is 2.55. The molecule has 12 heteroatoms. The summed E-state index contributed by atoms with van der Waals surface area (Å²) in [4.78, 5) is 38.4. The van der Waals surface area contributed by atoms with Gasteiger partial charge in [-0.15, -0.1) is 0 Å². The summed E-state index contributed by atoms with van der Waals surface area (Å²) >= 11 is 0. The van der Waals surface area contributed by atoms with Gasteiger partial charge in [-0.1, -0.05) is 19.3 Å². The maximum Gasteiger partial charge on any atom is 0.407 e. The van der Waals surface area contributed by atoms with E-state index < -0.39 is 49.0 Å². The number of fused-ring (bicyclic) bond motifs is 6. The lowest BCUT2D eigenvalue weighted by atomic mass is 9.95. The Hall–Kier alpha value is -2.31. The summed E-state index contributed by atoms with van der Waals surface area (Å²) < 4.78 is 22.2. The largest absolute Gasteiger partial charge is 0.447 e. The minimum Gasteiger partial charge on any atom is -0.447 e. The van der Waals surface area contributed by atoms with Crippen molar-refractivity contribution in [2.75, 3.05) is 6.61 Å². The van der Waals surface area contributed by atoms with Gasteiger partial charge in [0.2, 0.25) is 0 Å². The van der Waals surface area contributed by atoms with Crippen molar-refractivity contribution in [1.82, 2.24) is 16.0 Å². The smallest absolute Gasteiger partial charge is 0.407 e. The molecule has 1 aliphatic heterocycles. The molecule has 0 spiro atoms. The first-order valence-corrected chi connectivity index (χ1v) is 16.2. The molecule has 1 heterocycles. The zero-order valence-corrected chi connectivity index (χ0v) is 24.0. The Morgan fingerprint density at radius 3 is 1.50 bits per heavy atom. The molecule has 14 atom stereocenters. The van der Waals surface area contributed by atoms with Crippen molar-refractivity contribution >= 4 is 18.3 Å². The quantitative estimate of drug-likeness (QED) is 0.280. The molecule has 6 aliphatic carbocycles. The molecule has 1 saturated heterocycles. The van der Waals surface area contributed by atoms with Crippen molar-refractivity contribution in [3.05, 3.63) is 0 Å². The second-order valence-corrected chi connectivity index (χ2v) is 14.2. The van der Waals surface area contributed by atoms with Crippen LogP contribution in [0.1, 0.15) is 77.0 Å². The molecular formula is C30H45N3O9. The van der Waals surface area contributed by atoms with Crippen LogP contribution in [0.15, 0.2) is 0 Å². The molecule has 0 aromatic carbocycles. The Bertz CT molecular complexity index is 1050. The Balaban J connectivity index is 0.975. The average Bonchev–Trinajstić information content (AvgIpc) is 3.80. The van der Waals surface area contributed by atoms with Crippen LogP contribution < -0.4 is 16.0 Å². The fourth-order valence-electron chi connectivity index (χ4n) is 9.54. The monoisotopic (exact) mass is 591 g/mol. The van der Waals surface area contributed by atoms with E-state index in [4.69, 9.17) is 18.9 Å². The van der Waals surface area contributed by atoms with Crippen LogP contribution in [-0.4, -0.2) is 83.9 Å². The minimum absolute atomic E-state index is 0.00183. The van der Waals surface area contributed by atoms with Crippen molar-refractivity contribution in [2.45, 2.75) is 126 Å². The molecule has 6 saturated carbocycles. The van der Waals surface area contributed by atoms with E-state index in [2.05, 4.69) is 16.0 Å². The van der Waals surface area contributed by atoms with Gasteiger partial charge in [-0.2, -0.15) is 0 Å². The second kappa shape index (κ2) is 11.6. The summed E-state index contributed by atoms with van der Waals surface area (Å²) in [6, 6.07) is 0.0707. The van der Waals surface area contributed by atoms with Crippen molar-refractivity contribution in [3.63, 3.8) is 0 Å². The van der Waals surface area contributed by atoms with E-state index in [0.717, 1.165) is 57.8 Å². The van der Waals surface area contributed by atoms with Gasteiger partial charge in [-0.05, 0) is 93.3 Å². The molecule has 5 N–H and O–H groups in total. The summed E-state index contributed by atoms with van der Waals surface area (Å²) in [6.07, 6.45) is 3.37. The SMILES string of the molecule is O=C(NC1CC2CCC1C2)OC[C@H]1O[C@@H](O)[C@H](OC(=O)NC2CC3CCC2C3)[C@@H](OC(=O)NC2CC3CCC2C3)[C@@H]1O. The topological polar surface area (TPSA) is 165 Å². The first-order chi connectivity index (χ1) is 20.3. The number of aliphatic hydroxyl groups is 2. The van der Waals surface area contributed by atoms with Gasteiger partial charge in [-0.3, -0.25) is 0 Å². The van der Waals surface area contributed by atoms with Crippen molar-refractivity contribution in [3.8, 4) is 0 Å². The van der Waals surface area contributed by atoms with Crippen LogP contribution in [0.2, 0.25) is 0 Å². The third-order valence-corrected chi connectivity index (χ3v) is 11.6. The van der Waals surface area contributed by atoms with E-state index in [1.165, 1.54) is 19.3 Å². The van der Waals surface area contributed by atoms with Crippen LogP contribution in [0.25, 0.3) is 0 Å². The molecule has 9 unspecified atom stereocenters. The molecule has 6 bridgehead atoms. The summed E-state index contributed by atoms with van der Waals surface area (Å²) in [6.45, 7) is -0.372. The minimum atomic E-state index is -1.71. The number of alkyl carbamates (subject to hydrolysis) is 3. The highest BCUT2D eigenvalue weighted by Gasteiger charge is 2.51. The van der Waals surface area contributed by atoms with Crippen LogP contribution in [0.5, 0.6) is 0 Å². The van der Waals surface area contributed by atoms with Crippen molar-refractivity contribution < 1.29 is 43.5 Å². The maximum absolute atomic E-state index is 13.0. The van der Waals surface area contributed by atoms with Gasteiger partial charge in [0.1, 0.15) is 18.8 Å². The second-order valence-electron chi connectivity index (χ2n) is 14.2. The van der Waals surface area contributed by atoms with Gasteiger partial charge in [0.15, 0.2) is 18.5 Å². The van der Waals surface area contributed by atoms with Gasteiger partial charge in [0.05, 0.1) is 0 Å². The van der Waals surface area contributed by atoms with E-state index in [-0.39, 0.29) is 24.7 Å². The number of nitrogens with one attached hydrogen (secondary N) is 3. The molecule has 7 aliphatic rings. The van der Waals surface area contributed by atoms with E-state index in [9.17, 15) is 24.6 Å². The van der Waals surface area contributed by atoms with Crippen LogP contribution in [-0.2, 0) is 18.9 Å². The summed E-state index contributed by atoms with van der Waals surface area (Å²) in [5, 5.41) is 30.9. The van der Waals surface area contributed by atoms with E-state index in [1.807, 2.05) is 0 Å². The molecule has 234 valence electrons. The molecular weight excluding hydrogens is 546 g/mol. The van der Waals surface area contributed by atoms with Gasteiger partial charge in [0, 0.05) is 18.1 Å². The number of hydrogen-bond donors (Lipinski definition) is 5. The Morgan fingerprint density at radius 2 is 1.07 bits per heavy atom. The molecule has 7 fully saturated rings. The molecule has 0 radical (unpaired) electrons. The first kappa shape index (κ1) is 28.5. The zero-order valence-electron chi connectivity index (χ0n) is 24.0. The lowest BCUT2D eigenvalue weighted by Crippen LogP contribution is -2.62. The van der Waals surface area contributed by atoms with Crippen molar-refractivity contribution in [2.24, 2.45) is 35.5 Å². The molecule has 7 rings (SSSR count). The van der Waals surface area contributed by atoms with E-state index in [0.29, 0.717) is 35.5 Å². The Kier molecular flexibility index (Phi) is 7.89. The highest BCUT2D eigenvalue weighted by molar-refractivity contribution is 5.69. The third kappa shape index (κ3) is 5.78. The molecule has 42 heavy (non-hydrogen) atoms. The third-order valence-electron chi connectivity index (χ3n) is 11.6. The number of ether oxygens (including phenoxy) is 4. The van der Waals surface area contributed by atoms with E-state index >= 15 is 0 Å². The number of carbonyl (C=O) groups is 3. The lowest BCUT2D eigenvalue weighted by Gasteiger charge is -2.41. The Morgan fingerprint density at radius 1 is 0.619 bits per heavy atom. The number of hydrogen-bond acceptors (Lipinski definition) is 9. The van der Waals surface area contributed by atoms with Crippen LogP contribution in [0.4, 0.5) is 14.4 Å². The molecule has 0 aromatic rings. The zero-order chi connectivity index (χ0) is 29.0. The standard InChI is InChI=1S/C30H45N3O9/c34-24-23(13-39-28(36)31-20-10-14-1-4-17(20)7-14)40-27(35)26(42-30(38)33-22-12-16-3-6-19(22)9-16)25(24)41-29(37)32-21-11-15-2-5-18(21)8-15/h14-27,34-35H,1-13H2,(H,31,36)(H,32,37)(H,33,38)/t14?,15?,16?,17?,18?,19?,20?,21?,22?,23-,24-,25+,26-,27-/m1/s1. The molecule has 0 aromatic heterocycles. The van der Waals surface area contributed by atoms with Crippen LogP contribution in [0.3, 0.4) is 0 Å². The van der Waals surface area contributed by atoms with Crippen LogP contribution in [0, 0.1) is 35.5 Å². The lowest BCUT2D eigenvalue weighted by molar-refractivity contribution is -0.284. The number of aliphatic hydroxyl groups excluding tert-OH is 2. The van der Waals surface area contributed by atoms with Gasteiger partial charge >= 0.3 is 18.3 Å². The normalized spacial score (nSPS) is 46.4. The highest BCUT2D eigenvalue weighted by atomic mass is 16.7. The number of carbonyl (C=O) groups excluding carboxylic acids is 3. The molecule has 3 amide bonds. The summed E-state index contributed by atoms with van der Waals surface area (Å²) in [5.74, 6) is 3.15. The first-order valence-electron chi connectivity index (χ1n) is 16.2. The highest BCUT2D eigenvalue weighted by Crippen LogP contribution is 2.46. The fourth-order valence-corrected chi connectivity index (χ4v) is 9.54. The fraction of sp³-hybridized carbons (Fsp3) is 0.900. The summed E-state index contributed by atoms with van der Waals surface area (Å²) in [7, 11) is 0. The van der Waals surface area contributed by atoms with Gasteiger partial charge in [-0.25, -0.2) is 14.4 Å². The predicted molar refractivity (Wildman–Crippen MR) is 146 cm³/mol. The maximum atomic E-state index is 13.0. The van der Waals surface area contributed by atoms with Gasteiger partial charge in [0.25, 0.3) is 0 Å². The molecule has 12 nitrogen and oxygen atoms in total. The Labute approximate surface area is 245 Å². The number of rotatable bonds is 7. The summed E-state index contributed by atoms with van der Waals surface area (Å²) in [5.41, 5.74) is 0. The number of amides is 3. The van der Waals surface area contributed by atoms with E-state index in [1.54, 1.807) is 0 Å². The van der Waals surface area contributed by atoms with Crippen LogP contribution >= 0.6 is 0 Å². The van der Waals surface area contributed by atoms with Crippen molar-refractivity contribution in [1.29, 1.82) is 0 Å². The van der Waals surface area contributed by atoms with Gasteiger partial charge < -0.3 is 45.1 Å².